The lowest BCUT2D eigenvalue weighted by Crippen LogP contribution is -2.62. The summed E-state index contributed by atoms with van der Waals surface area (Å²) in [6.45, 7) is 13.7. The summed E-state index contributed by atoms with van der Waals surface area (Å²) >= 11 is 0. The number of carbonyl (C=O) groups excluding carboxylic acids is 1. The van der Waals surface area contributed by atoms with Crippen molar-refractivity contribution in [3.8, 4) is 0 Å². The van der Waals surface area contributed by atoms with Gasteiger partial charge in [0, 0.05) is 5.56 Å². The molecule has 0 bridgehead atoms. The fraction of sp³-hybridized carbons (Fsp3) is 0.667. The van der Waals surface area contributed by atoms with E-state index < -0.39 is 65.6 Å². The van der Waals surface area contributed by atoms with E-state index in [4.69, 9.17) is 18.8 Å². The van der Waals surface area contributed by atoms with Gasteiger partial charge >= 0.3 is 19.4 Å². The number of nitrogens with zero attached hydrogens (tertiary/aromatic N) is 1. The summed E-state index contributed by atoms with van der Waals surface area (Å²) in [6, 6.07) is 4.10. The van der Waals surface area contributed by atoms with Gasteiger partial charge < -0.3 is 18.8 Å². The maximum atomic E-state index is 15.1. The van der Waals surface area contributed by atoms with Gasteiger partial charge in [-0.15, -0.1) is 0 Å². The first-order valence-corrected chi connectivity index (χ1v) is 11.6. The lowest BCUT2D eigenvalue weighted by molar-refractivity contribution is -0.250. The van der Waals surface area contributed by atoms with E-state index in [2.05, 4.69) is 10.3 Å². The van der Waals surface area contributed by atoms with Crippen LogP contribution in [-0.2, 0) is 24.3 Å². The van der Waals surface area contributed by atoms with E-state index in [0.717, 1.165) is 6.92 Å². The number of rotatable bonds is 2. The molecule has 0 radical (unpaired) electrons. The third kappa shape index (κ3) is 5.26. The lowest BCUT2D eigenvalue weighted by atomic mass is 9.76. The highest BCUT2D eigenvalue weighted by atomic mass is 19.4. The number of amidine groups is 1. The molecule has 12 heteroatoms. The van der Waals surface area contributed by atoms with E-state index in [1.807, 2.05) is 27.7 Å². The molecule has 2 heterocycles. The first kappa shape index (κ1) is 28.4. The Balaban J connectivity index is 2.05. The van der Waals surface area contributed by atoms with Crippen molar-refractivity contribution in [3.63, 3.8) is 0 Å². The highest BCUT2D eigenvalue weighted by Gasteiger charge is 2.60. The molecule has 0 aliphatic carbocycles. The second-order valence-electron chi connectivity index (χ2n) is 11.5. The zero-order chi connectivity index (χ0) is 27.5. The normalized spacial score (nSPS) is 28.0. The Morgan fingerprint density at radius 3 is 2.11 bits per heavy atom. The molecular weight excluding hydrogens is 483 g/mol. The zero-order valence-electron chi connectivity index (χ0n) is 22.0. The summed E-state index contributed by atoms with van der Waals surface area (Å²) in [5.74, 6) is -1.55. The number of halogens is 4. The number of hydrogen-bond acceptors (Lipinski definition) is 6. The van der Waals surface area contributed by atoms with Crippen LogP contribution in [0.2, 0.25) is 0 Å². The van der Waals surface area contributed by atoms with Crippen molar-refractivity contribution >= 4 is 24.5 Å². The third-order valence-corrected chi connectivity index (χ3v) is 6.71. The average molecular weight is 516 g/mol. The van der Waals surface area contributed by atoms with Crippen LogP contribution in [0.4, 0.5) is 22.4 Å². The van der Waals surface area contributed by atoms with Gasteiger partial charge in [0.1, 0.15) is 22.8 Å². The summed E-state index contributed by atoms with van der Waals surface area (Å²) < 4.78 is 79.5. The van der Waals surface area contributed by atoms with Crippen LogP contribution in [0.1, 0.15) is 67.9 Å². The molecule has 1 fully saturated rings. The van der Waals surface area contributed by atoms with Crippen molar-refractivity contribution in [1.29, 1.82) is 0 Å². The number of benzene rings is 1. The molecule has 1 N–H and O–H groups in total. The standard InChI is InChI=1S/C24H33BF4N2O5/c1-19(2,3)34-18(32)30-17-23(9,24(27,28)29)33-13-22(8,31-17)15-12-14(10-11-16(15)26)25-35-20(4,5)21(6,7)36-25/h10-12H,13H2,1-9H3,(H,30,31,32)/t22?,23-/m1/s1. The Kier molecular flexibility index (Phi) is 6.86. The Morgan fingerprint density at radius 1 is 1.06 bits per heavy atom. The van der Waals surface area contributed by atoms with Gasteiger partial charge in [-0.1, -0.05) is 12.1 Å². The summed E-state index contributed by atoms with van der Waals surface area (Å²) in [5.41, 5.74) is -6.40. The first-order chi connectivity index (χ1) is 16.1. The number of alkyl halides is 3. The Hall–Kier alpha value is -2.18. The molecule has 0 spiro atoms. The quantitative estimate of drug-likeness (QED) is 0.459. The van der Waals surface area contributed by atoms with Crippen molar-refractivity contribution in [2.45, 2.75) is 96.4 Å². The topological polar surface area (TPSA) is 78.4 Å². The molecule has 7 nitrogen and oxygen atoms in total. The number of carbonyl (C=O) groups is 1. The van der Waals surface area contributed by atoms with Crippen molar-refractivity contribution < 1.29 is 41.1 Å². The third-order valence-electron chi connectivity index (χ3n) is 6.71. The van der Waals surface area contributed by atoms with Crippen LogP contribution in [0, 0.1) is 5.82 Å². The minimum atomic E-state index is -4.93. The number of amides is 1. The Bertz CT molecular complexity index is 1050. The summed E-state index contributed by atoms with van der Waals surface area (Å²) in [7, 11) is -0.828. The molecule has 36 heavy (non-hydrogen) atoms. The molecule has 0 saturated carbocycles. The van der Waals surface area contributed by atoms with Gasteiger partial charge in [-0.2, -0.15) is 13.2 Å². The highest BCUT2D eigenvalue weighted by Crippen LogP contribution is 2.42. The van der Waals surface area contributed by atoms with Gasteiger partial charge in [0.05, 0.1) is 17.8 Å². The van der Waals surface area contributed by atoms with Crippen molar-refractivity contribution in [1.82, 2.24) is 5.32 Å². The molecule has 200 valence electrons. The van der Waals surface area contributed by atoms with Gasteiger partial charge in [-0.05, 0) is 73.8 Å². The van der Waals surface area contributed by atoms with Gasteiger partial charge in [0.25, 0.3) is 0 Å². The van der Waals surface area contributed by atoms with Crippen LogP contribution in [0.3, 0.4) is 0 Å². The first-order valence-electron chi connectivity index (χ1n) is 11.6. The number of nitrogens with one attached hydrogen (secondary N) is 1. The molecule has 2 aliphatic rings. The monoisotopic (exact) mass is 516 g/mol. The molecule has 2 atom stereocenters. The van der Waals surface area contributed by atoms with Crippen LogP contribution in [-0.4, -0.2) is 54.2 Å². The van der Waals surface area contributed by atoms with Gasteiger partial charge in [0.15, 0.2) is 0 Å². The van der Waals surface area contributed by atoms with Gasteiger partial charge in [-0.25, -0.2) is 9.18 Å². The van der Waals surface area contributed by atoms with Gasteiger partial charge in [0.2, 0.25) is 5.60 Å². The second kappa shape index (κ2) is 8.70. The fourth-order valence-electron chi connectivity index (χ4n) is 3.72. The summed E-state index contributed by atoms with van der Waals surface area (Å²) in [6.07, 6.45) is -6.07. The largest absolute Gasteiger partial charge is 0.494 e. The molecule has 0 aromatic heterocycles. The second-order valence-corrected chi connectivity index (χ2v) is 11.5. The van der Waals surface area contributed by atoms with Crippen LogP contribution in [0.15, 0.2) is 23.2 Å². The van der Waals surface area contributed by atoms with E-state index in [0.29, 0.717) is 5.46 Å². The predicted molar refractivity (Wildman–Crippen MR) is 127 cm³/mol. The van der Waals surface area contributed by atoms with E-state index in [1.165, 1.54) is 25.1 Å². The fourth-order valence-corrected chi connectivity index (χ4v) is 3.72. The smallest absolute Gasteiger partial charge is 0.444 e. The predicted octanol–water partition coefficient (Wildman–Crippen LogP) is 4.61. The van der Waals surface area contributed by atoms with Crippen LogP contribution >= 0.6 is 0 Å². The Labute approximate surface area is 209 Å². The molecule has 1 amide bonds. The van der Waals surface area contributed by atoms with Crippen molar-refractivity contribution in [2.75, 3.05) is 6.61 Å². The number of aliphatic imine (C=N–C) groups is 1. The van der Waals surface area contributed by atoms with Crippen molar-refractivity contribution in [2.24, 2.45) is 4.99 Å². The van der Waals surface area contributed by atoms with E-state index in [-0.39, 0.29) is 5.56 Å². The SMILES string of the molecule is CC(C)(C)OC(=O)NC1=NC(C)(c2cc(B3OC(C)(C)C(C)(C)O3)ccc2F)CO[C@@]1(C)C(F)(F)F. The maximum absolute atomic E-state index is 15.1. The van der Waals surface area contributed by atoms with E-state index in [1.54, 1.807) is 20.8 Å². The summed E-state index contributed by atoms with van der Waals surface area (Å²) in [5, 5.41) is 2.08. The van der Waals surface area contributed by atoms with Crippen molar-refractivity contribution in [3.05, 3.63) is 29.6 Å². The van der Waals surface area contributed by atoms with Crippen LogP contribution in [0.25, 0.3) is 0 Å². The van der Waals surface area contributed by atoms with Crippen LogP contribution < -0.4 is 10.8 Å². The van der Waals surface area contributed by atoms with E-state index >= 15 is 4.39 Å². The number of hydrogen-bond donors (Lipinski definition) is 1. The summed E-state index contributed by atoms with van der Waals surface area (Å²) in [4.78, 5) is 16.6. The zero-order valence-corrected chi connectivity index (χ0v) is 22.0. The molecule has 3 rings (SSSR count). The molecule has 1 unspecified atom stereocenters. The molecule has 1 aromatic carbocycles. The molecule has 2 aliphatic heterocycles. The number of alkyl carbamates (subject to hydrolysis) is 1. The lowest BCUT2D eigenvalue weighted by Gasteiger charge is -2.42. The average Bonchev–Trinajstić information content (AvgIpc) is 2.90. The van der Waals surface area contributed by atoms with Gasteiger partial charge in [-0.3, -0.25) is 10.3 Å². The minimum Gasteiger partial charge on any atom is -0.444 e. The van der Waals surface area contributed by atoms with Crippen LogP contribution in [0.5, 0.6) is 0 Å². The molecular formula is C24H33BF4N2O5. The molecule has 1 aromatic rings. The highest BCUT2D eigenvalue weighted by molar-refractivity contribution is 6.62. The maximum Gasteiger partial charge on any atom is 0.494 e. The molecule has 1 saturated heterocycles. The Morgan fingerprint density at radius 2 is 1.61 bits per heavy atom. The number of ether oxygens (including phenoxy) is 2. The minimum absolute atomic E-state index is 0.0394. The van der Waals surface area contributed by atoms with E-state index in [9.17, 15) is 18.0 Å².